The summed E-state index contributed by atoms with van der Waals surface area (Å²) in [7, 11) is 1.32. The van der Waals surface area contributed by atoms with Crippen LogP contribution in [0.4, 0.5) is 0 Å². The number of carbonyl (C=O) groups excluding carboxylic acids is 1. The smallest absolute Gasteiger partial charge is 0.348 e. The van der Waals surface area contributed by atoms with E-state index in [0.29, 0.717) is 38.3 Å². The Morgan fingerprint density at radius 1 is 1.52 bits per heavy atom. The number of ether oxygens (including phenoxy) is 1. The highest BCUT2D eigenvalue weighted by Gasteiger charge is 2.26. The van der Waals surface area contributed by atoms with Crippen molar-refractivity contribution in [3.05, 3.63) is 32.9 Å². The maximum atomic E-state index is 12.4. The van der Waals surface area contributed by atoms with Crippen LogP contribution in [-0.2, 0) is 10.5 Å². The van der Waals surface area contributed by atoms with Crippen molar-refractivity contribution in [2.24, 2.45) is 0 Å². The van der Waals surface area contributed by atoms with Crippen LogP contribution in [0.5, 0.6) is 0 Å². The van der Waals surface area contributed by atoms with E-state index in [2.05, 4.69) is 24.7 Å². The third kappa shape index (κ3) is 2.95. The molecule has 25 heavy (non-hydrogen) atoms. The molecule has 3 aromatic rings. The summed E-state index contributed by atoms with van der Waals surface area (Å²) in [5, 5.41) is 9.35. The Hall–Kier alpha value is -2.20. The van der Waals surface area contributed by atoms with Gasteiger partial charge in [0.15, 0.2) is 5.16 Å². The van der Waals surface area contributed by atoms with E-state index in [1.165, 1.54) is 30.2 Å². The number of fused-ring (bicyclic) bond motifs is 1. The molecular formula is C15H15N5O3S2. The zero-order chi connectivity index (χ0) is 17.6. The van der Waals surface area contributed by atoms with Gasteiger partial charge in [-0.15, -0.1) is 21.5 Å². The maximum Gasteiger partial charge on any atom is 0.348 e. The number of carbonyl (C=O) groups is 1. The summed E-state index contributed by atoms with van der Waals surface area (Å²) in [6, 6.07) is 0.495. The van der Waals surface area contributed by atoms with Crippen molar-refractivity contribution in [1.29, 1.82) is 0 Å². The zero-order valence-corrected chi connectivity index (χ0v) is 15.2. The molecule has 1 saturated carbocycles. The first-order valence-electron chi connectivity index (χ1n) is 7.71. The number of rotatable bonds is 5. The maximum absolute atomic E-state index is 12.4. The predicted molar refractivity (Wildman–Crippen MR) is 94.2 cm³/mol. The molecule has 10 heteroatoms. The normalized spacial score (nSPS) is 14.2. The lowest BCUT2D eigenvalue weighted by atomic mass is 10.2. The van der Waals surface area contributed by atoms with Crippen molar-refractivity contribution in [3.8, 4) is 0 Å². The van der Waals surface area contributed by atoms with E-state index in [1.807, 2.05) is 0 Å². The van der Waals surface area contributed by atoms with Crippen LogP contribution in [0, 0.1) is 6.92 Å². The van der Waals surface area contributed by atoms with E-state index in [-0.39, 0.29) is 5.56 Å². The number of methoxy groups -OCH3 is 1. The first-order chi connectivity index (χ1) is 12.1. The molecule has 1 aliphatic rings. The zero-order valence-electron chi connectivity index (χ0n) is 13.6. The number of H-pyrrole nitrogens is 1. The van der Waals surface area contributed by atoms with Crippen LogP contribution in [-0.4, -0.2) is 37.8 Å². The lowest BCUT2D eigenvalue weighted by Crippen LogP contribution is -2.11. The molecule has 0 spiro atoms. The number of aryl methyl sites for hydroxylation is 1. The lowest BCUT2D eigenvalue weighted by molar-refractivity contribution is 0.0605. The molecule has 0 aromatic carbocycles. The number of aromatic amines is 1. The predicted octanol–water partition coefficient (Wildman–Crippen LogP) is 2.30. The molecule has 0 aliphatic heterocycles. The Morgan fingerprint density at radius 2 is 2.32 bits per heavy atom. The minimum absolute atomic E-state index is 0.242. The van der Waals surface area contributed by atoms with Gasteiger partial charge in [0.2, 0.25) is 0 Å². The van der Waals surface area contributed by atoms with Crippen molar-refractivity contribution in [2.75, 3.05) is 7.11 Å². The molecule has 0 bridgehead atoms. The van der Waals surface area contributed by atoms with Crippen molar-refractivity contribution in [1.82, 2.24) is 24.7 Å². The average molecular weight is 377 g/mol. The first kappa shape index (κ1) is 16.3. The number of aromatic nitrogens is 5. The van der Waals surface area contributed by atoms with Gasteiger partial charge in [0.1, 0.15) is 21.9 Å². The van der Waals surface area contributed by atoms with Gasteiger partial charge >= 0.3 is 5.97 Å². The highest BCUT2D eigenvalue weighted by Crippen LogP contribution is 2.37. The molecule has 0 radical (unpaired) electrons. The third-order valence-electron chi connectivity index (χ3n) is 4.04. The number of nitrogens with one attached hydrogen (secondary N) is 1. The van der Waals surface area contributed by atoms with Crippen molar-refractivity contribution < 1.29 is 9.53 Å². The van der Waals surface area contributed by atoms with Crippen LogP contribution >= 0.6 is 23.1 Å². The van der Waals surface area contributed by atoms with Gasteiger partial charge in [-0.25, -0.2) is 9.78 Å². The summed E-state index contributed by atoms with van der Waals surface area (Å²) in [4.78, 5) is 32.5. The van der Waals surface area contributed by atoms with Crippen LogP contribution in [0.15, 0.2) is 16.3 Å². The number of hydrogen-bond donors (Lipinski definition) is 1. The molecule has 0 atom stereocenters. The number of thioether (sulfide) groups is 1. The Labute approximate surface area is 150 Å². The lowest BCUT2D eigenvalue weighted by Gasteiger charge is -2.04. The SMILES string of the molecule is COC(=O)c1sc2nc(CSc3nncn3C3CC3)[nH]c(=O)c2c1C. The van der Waals surface area contributed by atoms with Crippen LogP contribution < -0.4 is 5.56 Å². The summed E-state index contributed by atoms with van der Waals surface area (Å²) in [6.07, 6.45) is 4.04. The second-order valence-electron chi connectivity index (χ2n) is 5.78. The molecule has 0 unspecified atom stereocenters. The summed E-state index contributed by atoms with van der Waals surface area (Å²) >= 11 is 2.66. The van der Waals surface area contributed by atoms with Gasteiger partial charge in [-0.1, -0.05) is 11.8 Å². The van der Waals surface area contributed by atoms with Crippen LogP contribution in [0.1, 0.15) is 39.9 Å². The standard InChI is InChI=1S/C15H15N5O3S2/c1-7-10-12(21)17-9(18-13(10)25-11(7)14(22)23-2)5-24-15-19-16-6-20(15)8-3-4-8/h6,8H,3-5H2,1-2H3,(H,17,18,21). The highest BCUT2D eigenvalue weighted by atomic mass is 32.2. The first-order valence-corrected chi connectivity index (χ1v) is 9.51. The van der Waals surface area contributed by atoms with E-state index in [9.17, 15) is 9.59 Å². The second-order valence-corrected chi connectivity index (χ2v) is 7.72. The molecule has 8 nitrogen and oxygen atoms in total. The van der Waals surface area contributed by atoms with Crippen molar-refractivity contribution >= 4 is 39.3 Å². The molecule has 3 aromatic heterocycles. The summed E-state index contributed by atoms with van der Waals surface area (Å²) < 4.78 is 6.83. The highest BCUT2D eigenvalue weighted by molar-refractivity contribution is 7.98. The monoisotopic (exact) mass is 377 g/mol. The molecule has 130 valence electrons. The van der Waals surface area contributed by atoms with E-state index >= 15 is 0 Å². The fourth-order valence-electron chi connectivity index (χ4n) is 2.62. The summed E-state index contributed by atoms with van der Waals surface area (Å²) in [6.45, 7) is 1.73. The minimum atomic E-state index is -0.451. The van der Waals surface area contributed by atoms with E-state index in [4.69, 9.17) is 4.74 Å². The molecule has 1 N–H and O–H groups in total. The fourth-order valence-corrected chi connectivity index (χ4v) is 4.59. The van der Waals surface area contributed by atoms with Crippen LogP contribution in [0.25, 0.3) is 10.2 Å². The largest absolute Gasteiger partial charge is 0.465 e. The van der Waals surface area contributed by atoms with E-state index in [1.54, 1.807) is 13.3 Å². The third-order valence-corrected chi connectivity index (χ3v) is 6.17. The quantitative estimate of drug-likeness (QED) is 0.537. The van der Waals surface area contributed by atoms with Crippen molar-refractivity contribution in [2.45, 2.75) is 36.7 Å². The summed E-state index contributed by atoms with van der Waals surface area (Å²) in [5.41, 5.74) is 0.362. The second kappa shape index (κ2) is 6.26. The Kier molecular flexibility index (Phi) is 4.08. The molecule has 1 fully saturated rings. The molecule has 0 saturated heterocycles. The summed E-state index contributed by atoms with van der Waals surface area (Å²) in [5.74, 6) is 0.569. The fraction of sp³-hybridized carbons (Fsp3) is 0.400. The Bertz CT molecular complexity index is 1020. The number of hydrogen-bond acceptors (Lipinski definition) is 8. The van der Waals surface area contributed by atoms with Gasteiger partial charge in [0, 0.05) is 6.04 Å². The Balaban J connectivity index is 1.63. The van der Waals surface area contributed by atoms with Gasteiger partial charge < -0.3 is 14.3 Å². The molecule has 1 aliphatic carbocycles. The van der Waals surface area contributed by atoms with Gasteiger partial charge in [-0.3, -0.25) is 4.79 Å². The minimum Gasteiger partial charge on any atom is -0.465 e. The van der Waals surface area contributed by atoms with Crippen LogP contribution in [0.3, 0.4) is 0 Å². The van der Waals surface area contributed by atoms with Gasteiger partial charge in [-0.2, -0.15) is 0 Å². The average Bonchev–Trinajstić information content (AvgIpc) is 3.24. The number of nitrogens with zero attached hydrogens (tertiary/aromatic N) is 4. The van der Waals surface area contributed by atoms with Crippen LogP contribution in [0.2, 0.25) is 0 Å². The molecule has 4 rings (SSSR count). The molecule has 0 amide bonds. The number of thiophene rings is 1. The molecular weight excluding hydrogens is 362 g/mol. The topological polar surface area (TPSA) is 103 Å². The molecule has 3 heterocycles. The van der Waals surface area contributed by atoms with E-state index in [0.717, 1.165) is 18.0 Å². The van der Waals surface area contributed by atoms with E-state index < -0.39 is 5.97 Å². The van der Waals surface area contributed by atoms with Crippen molar-refractivity contribution in [3.63, 3.8) is 0 Å². The van der Waals surface area contributed by atoms with Gasteiger partial charge in [-0.05, 0) is 25.3 Å². The van der Waals surface area contributed by atoms with Gasteiger partial charge in [0.25, 0.3) is 5.56 Å². The Morgan fingerprint density at radius 3 is 3.04 bits per heavy atom. The van der Waals surface area contributed by atoms with Gasteiger partial charge in [0.05, 0.1) is 18.2 Å². The number of esters is 1.